The van der Waals surface area contributed by atoms with E-state index in [0.717, 1.165) is 12.8 Å². The van der Waals surface area contributed by atoms with Crippen molar-refractivity contribution in [2.24, 2.45) is 5.92 Å². The van der Waals surface area contributed by atoms with Crippen LogP contribution in [0.15, 0.2) is 0 Å². The summed E-state index contributed by atoms with van der Waals surface area (Å²) >= 11 is 0. The van der Waals surface area contributed by atoms with Gasteiger partial charge in [0, 0.05) is 5.04 Å². The molecule has 0 bridgehead atoms. The van der Waals surface area contributed by atoms with Gasteiger partial charge in [0.15, 0.2) is 17.4 Å². The zero-order chi connectivity index (χ0) is 28.6. The SMILES string of the molecule is CCCCCCCCCCCCCCCC[Si](C)(OC(C)(CC)[C@](C)(CC)[SiH](C)O)C(C)(CC)C(C)C. The van der Waals surface area contributed by atoms with Gasteiger partial charge in [0.05, 0.1) is 5.60 Å². The molecule has 224 valence electrons. The van der Waals surface area contributed by atoms with Crippen LogP contribution in [-0.2, 0) is 4.43 Å². The molecule has 0 heterocycles. The van der Waals surface area contributed by atoms with Gasteiger partial charge in [-0.1, -0.05) is 152 Å². The van der Waals surface area contributed by atoms with Gasteiger partial charge in [0.25, 0.3) is 0 Å². The average Bonchev–Trinajstić information content (AvgIpc) is 2.87. The molecule has 0 fully saturated rings. The lowest BCUT2D eigenvalue weighted by molar-refractivity contribution is 0.0104. The maximum atomic E-state index is 11.0. The average molecular weight is 557 g/mol. The molecule has 5 atom stereocenters. The lowest BCUT2D eigenvalue weighted by Gasteiger charge is -2.56. The summed E-state index contributed by atoms with van der Waals surface area (Å²) in [5.74, 6) is 0.610. The van der Waals surface area contributed by atoms with Crippen molar-refractivity contribution in [1.29, 1.82) is 0 Å². The summed E-state index contributed by atoms with van der Waals surface area (Å²) in [6, 6.07) is 1.25. The van der Waals surface area contributed by atoms with Gasteiger partial charge in [-0.25, -0.2) is 0 Å². The third-order valence-electron chi connectivity index (χ3n) is 11.2. The summed E-state index contributed by atoms with van der Waals surface area (Å²) < 4.78 is 7.54. The molecular formula is C33H72O2Si2. The normalized spacial score (nSPS) is 19.7. The Bertz CT molecular complexity index is 569. The van der Waals surface area contributed by atoms with Crippen LogP contribution in [0.25, 0.3) is 0 Å². The van der Waals surface area contributed by atoms with Crippen LogP contribution in [0.2, 0.25) is 29.2 Å². The molecule has 4 unspecified atom stereocenters. The van der Waals surface area contributed by atoms with E-state index in [1.807, 2.05) is 0 Å². The minimum absolute atomic E-state index is 0.100. The van der Waals surface area contributed by atoms with E-state index in [1.54, 1.807) is 0 Å². The van der Waals surface area contributed by atoms with Crippen LogP contribution in [0.3, 0.4) is 0 Å². The standard InChI is InChI=1S/C33H72O2Si2/c1-12-16-17-18-19-20-21-22-23-24-25-26-27-28-29-37(11,31(7,13-2)30(5)6)35-32(8,14-3)33(9,15-4)36(10)34/h30,34,36H,12-29H2,1-11H3/t31?,32?,33-,36?,37?/m0/s1. The van der Waals surface area contributed by atoms with Crippen molar-refractivity contribution < 1.29 is 9.22 Å². The quantitative estimate of drug-likeness (QED) is 0.0946. The second-order valence-electron chi connectivity index (χ2n) is 13.6. The summed E-state index contributed by atoms with van der Waals surface area (Å²) in [5.41, 5.74) is -0.246. The van der Waals surface area contributed by atoms with Crippen molar-refractivity contribution in [1.82, 2.24) is 0 Å². The van der Waals surface area contributed by atoms with E-state index in [9.17, 15) is 4.80 Å². The van der Waals surface area contributed by atoms with Crippen molar-refractivity contribution in [3.05, 3.63) is 0 Å². The Labute approximate surface area is 238 Å². The second kappa shape index (κ2) is 18.7. The van der Waals surface area contributed by atoms with E-state index in [1.165, 1.54) is 102 Å². The number of hydrogen-bond acceptors (Lipinski definition) is 2. The third kappa shape index (κ3) is 11.0. The first-order valence-electron chi connectivity index (χ1n) is 16.7. The molecule has 0 aromatic rings. The van der Waals surface area contributed by atoms with Crippen LogP contribution in [0.1, 0.15) is 171 Å². The van der Waals surface area contributed by atoms with Gasteiger partial charge in [-0.3, -0.25) is 0 Å². The molecular weight excluding hydrogens is 485 g/mol. The summed E-state index contributed by atoms with van der Waals surface area (Å²) in [4.78, 5) is 11.0. The molecule has 2 nitrogen and oxygen atoms in total. The van der Waals surface area contributed by atoms with Gasteiger partial charge in [-0.15, -0.1) is 0 Å². The van der Waals surface area contributed by atoms with Crippen LogP contribution in [-0.4, -0.2) is 27.8 Å². The summed E-state index contributed by atoms with van der Waals surface area (Å²) in [5, 5.41) is 0.145. The molecule has 0 saturated heterocycles. The number of unbranched alkanes of at least 4 members (excludes halogenated alkanes) is 13. The lowest BCUT2D eigenvalue weighted by Crippen LogP contribution is -2.59. The van der Waals surface area contributed by atoms with Gasteiger partial charge in [0.1, 0.15) is 0 Å². The fourth-order valence-corrected chi connectivity index (χ4v) is 13.7. The van der Waals surface area contributed by atoms with E-state index in [2.05, 4.69) is 75.4 Å². The molecule has 0 radical (unpaired) electrons. The maximum absolute atomic E-state index is 11.0. The Kier molecular flexibility index (Phi) is 18.8. The molecule has 0 amide bonds. The first-order valence-corrected chi connectivity index (χ1v) is 21.6. The predicted octanol–water partition coefficient (Wildman–Crippen LogP) is 11.6. The topological polar surface area (TPSA) is 29.5 Å². The van der Waals surface area contributed by atoms with Crippen LogP contribution in [0.5, 0.6) is 0 Å². The minimum atomic E-state index is -2.09. The molecule has 0 aliphatic heterocycles. The van der Waals surface area contributed by atoms with Crippen molar-refractivity contribution in [3.8, 4) is 0 Å². The highest BCUT2D eigenvalue weighted by atomic mass is 28.4. The number of hydrogen-bond donors (Lipinski definition) is 1. The third-order valence-corrected chi connectivity index (χ3v) is 19.6. The molecule has 0 spiro atoms. The largest absolute Gasteiger partial charge is 0.434 e. The maximum Gasteiger partial charge on any atom is 0.196 e. The van der Waals surface area contributed by atoms with Gasteiger partial charge >= 0.3 is 0 Å². The van der Waals surface area contributed by atoms with Crippen LogP contribution < -0.4 is 0 Å². The Morgan fingerprint density at radius 1 is 0.676 bits per heavy atom. The van der Waals surface area contributed by atoms with Crippen LogP contribution in [0.4, 0.5) is 0 Å². The van der Waals surface area contributed by atoms with Crippen LogP contribution >= 0.6 is 0 Å². The van der Waals surface area contributed by atoms with Gasteiger partial charge in [0.2, 0.25) is 0 Å². The van der Waals surface area contributed by atoms with Gasteiger partial charge in [-0.2, -0.15) is 0 Å². The zero-order valence-corrected chi connectivity index (χ0v) is 29.9. The van der Waals surface area contributed by atoms with Crippen LogP contribution in [0, 0.1) is 5.92 Å². The molecule has 4 heteroatoms. The molecule has 0 saturated carbocycles. The van der Waals surface area contributed by atoms with Crippen molar-refractivity contribution >= 4 is 17.4 Å². The zero-order valence-electron chi connectivity index (χ0n) is 27.7. The fraction of sp³-hybridized carbons (Fsp3) is 1.00. The fourth-order valence-electron chi connectivity index (χ4n) is 6.70. The summed E-state index contributed by atoms with van der Waals surface area (Å²) in [6.45, 7) is 25.9. The molecule has 0 aromatic carbocycles. The Balaban J connectivity index is 4.91. The van der Waals surface area contributed by atoms with E-state index >= 15 is 0 Å². The first-order chi connectivity index (χ1) is 17.3. The van der Waals surface area contributed by atoms with Crippen molar-refractivity contribution in [2.75, 3.05) is 0 Å². The lowest BCUT2D eigenvalue weighted by atomic mass is 9.85. The van der Waals surface area contributed by atoms with E-state index < -0.39 is 17.4 Å². The van der Waals surface area contributed by atoms with E-state index in [-0.39, 0.29) is 15.7 Å². The molecule has 0 aliphatic rings. The highest BCUT2D eigenvalue weighted by molar-refractivity contribution is 6.75. The molecule has 0 aliphatic carbocycles. The van der Waals surface area contributed by atoms with Gasteiger partial charge in [-0.05, 0) is 49.9 Å². The smallest absolute Gasteiger partial charge is 0.196 e. The molecule has 37 heavy (non-hydrogen) atoms. The monoisotopic (exact) mass is 557 g/mol. The molecule has 0 rings (SSSR count). The predicted molar refractivity (Wildman–Crippen MR) is 174 cm³/mol. The Morgan fingerprint density at radius 3 is 1.38 bits per heavy atom. The van der Waals surface area contributed by atoms with Crippen molar-refractivity contribution in [2.45, 2.75) is 206 Å². The number of rotatable bonds is 24. The first kappa shape index (κ1) is 37.4. The highest BCUT2D eigenvalue weighted by Gasteiger charge is 2.56. The second-order valence-corrected chi connectivity index (χ2v) is 20.6. The highest BCUT2D eigenvalue weighted by Crippen LogP contribution is 2.56. The minimum Gasteiger partial charge on any atom is -0.434 e. The van der Waals surface area contributed by atoms with E-state index in [0.29, 0.717) is 5.92 Å². The summed E-state index contributed by atoms with van der Waals surface area (Å²) in [6.07, 6.45) is 22.9. The Hall–Kier alpha value is 0.354. The molecule has 0 aromatic heterocycles. The van der Waals surface area contributed by atoms with Gasteiger partial charge < -0.3 is 9.22 Å². The Morgan fingerprint density at radius 2 is 1.08 bits per heavy atom. The summed E-state index contributed by atoms with van der Waals surface area (Å²) in [7, 11) is -3.97. The molecule has 1 N–H and O–H groups in total. The van der Waals surface area contributed by atoms with Crippen molar-refractivity contribution in [3.63, 3.8) is 0 Å². The van der Waals surface area contributed by atoms with E-state index in [4.69, 9.17) is 4.43 Å².